The molecule has 5 heteroatoms. The first-order valence-corrected chi connectivity index (χ1v) is 8.04. The highest BCUT2D eigenvalue weighted by atomic mass is 16.1. The van der Waals surface area contributed by atoms with Crippen LogP contribution >= 0.6 is 0 Å². The zero-order valence-corrected chi connectivity index (χ0v) is 14.4. The van der Waals surface area contributed by atoms with Gasteiger partial charge in [0.05, 0.1) is 5.56 Å². The summed E-state index contributed by atoms with van der Waals surface area (Å²) in [4.78, 5) is 21.3. The van der Waals surface area contributed by atoms with Gasteiger partial charge in [-0.2, -0.15) is 0 Å². The monoisotopic (exact) mass is 304 g/mol. The molecule has 1 aromatic rings. The third-order valence-electron chi connectivity index (χ3n) is 3.87. The summed E-state index contributed by atoms with van der Waals surface area (Å²) in [5.74, 6) is 0.881. The molecule has 1 amide bonds. The minimum absolute atomic E-state index is 0.0730. The van der Waals surface area contributed by atoms with Crippen LogP contribution in [-0.2, 0) is 0 Å². The van der Waals surface area contributed by atoms with Gasteiger partial charge >= 0.3 is 0 Å². The summed E-state index contributed by atoms with van der Waals surface area (Å²) in [6.07, 6.45) is 1.67. The van der Waals surface area contributed by atoms with Crippen molar-refractivity contribution in [3.8, 4) is 0 Å². The number of anilines is 1. The third-order valence-corrected chi connectivity index (χ3v) is 3.87. The zero-order valence-electron chi connectivity index (χ0n) is 14.4. The Kier molecular flexibility index (Phi) is 5.06. The Labute approximate surface area is 133 Å². The topological polar surface area (TPSA) is 48.5 Å². The van der Waals surface area contributed by atoms with Gasteiger partial charge in [-0.15, -0.1) is 0 Å². The smallest absolute Gasteiger partial charge is 0.253 e. The summed E-state index contributed by atoms with van der Waals surface area (Å²) in [5.41, 5.74) is 0.377. The minimum atomic E-state index is -0.233. The number of rotatable bonds is 3. The molecular weight excluding hydrogens is 276 g/mol. The second kappa shape index (κ2) is 6.65. The molecule has 2 heterocycles. The summed E-state index contributed by atoms with van der Waals surface area (Å²) in [5, 5.41) is 2.95. The molecule has 0 atom stereocenters. The van der Waals surface area contributed by atoms with Gasteiger partial charge in [-0.3, -0.25) is 9.69 Å². The number of amides is 1. The lowest BCUT2D eigenvalue weighted by atomic mass is 10.1. The second-order valence-electron chi connectivity index (χ2n) is 7.23. The average Bonchev–Trinajstić information content (AvgIpc) is 2.46. The number of nitrogens with zero attached hydrogens (tertiary/aromatic N) is 3. The number of pyridine rings is 1. The quantitative estimate of drug-likeness (QED) is 0.929. The van der Waals surface area contributed by atoms with Crippen molar-refractivity contribution in [2.45, 2.75) is 46.2 Å². The molecule has 0 bridgehead atoms. The molecule has 0 aliphatic carbocycles. The fourth-order valence-corrected chi connectivity index (χ4v) is 2.59. The normalized spacial score (nSPS) is 16.9. The number of carbonyl (C=O) groups excluding carboxylic acids is 1. The Hall–Kier alpha value is -1.62. The van der Waals surface area contributed by atoms with E-state index in [1.165, 1.54) is 0 Å². The van der Waals surface area contributed by atoms with E-state index in [0.29, 0.717) is 11.6 Å². The van der Waals surface area contributed by atoms with Gasteiger partial charge in [-0.05, 0) is 46.8 Å². The highest BCUT2D eigenvalue weighted by Gasteiger charge is 2.20. The maximum atomic E-state index is 12.1. The lowest BCUT2D eigenvalue weighted by Gasteiger charge is -2.37. The van der Waals surface area contributed by atoms with Crippen molar-refractivity contribution < 1.29 is 4.79 Å². The largest absolute Gasteiger partial charge is 0.354 e. The van der Waals surface area contributed by atoms with E-state index in [-0.39, 0.29) is 11.4 Å². The molecule has 0 aromatic carbocycles. The molecule has 0 saturated carbocycles. The Morgan fingerprint density at radius 1 is 1.18 bits per heavy atom. The first kappa shape index (κ1) is 16.7. The first-order chi connectivity index (χ1) is 10.3. The SMILES string of the molecule is CC(C)N1CCN(c2ccc(C(=O)NC(C)(C)C)cn2)CC1. The van der Waals surface area contributed by atoms with Crippen molar-refractivity contribution in [1.82, 2.24) is 15.2 Å². The standard InChI is InChI=1S/C17H28N4O/c1-13(2)20-8-10-21(11-9-20)15-7-6-14(12-18-15)16(22)19-17(3,4)5/h6-7,12-13H,8-11H2,1-5H3,(H,19,22). The minimum Gasteiger partial charge on any atom is -0.354 e. The fraction of sp³-hybridized carbons (Fsp3) is 0.647. The summed E-state index contributed by atoms with van der Waals surface area (Å²) in [7, 11) is 0. The molecule has 2 rings (SSSR count). The molecule has 0 radical (unpaired) electrons. The van der Waals surface area contributed by atoms with E-state index in [1.807, 2.05) is 32.9 Å². The average molecular weight is 304 g/mol. The fourth-order valence-electron chi connectivity index (χ4n) is 2.59. The number of carbonyl (C=O) groups is 1. The van der Waals surface area contributed by atoms with Gasteiger partial charge in [-0.25, -0.2) is 4.98 Å². The molecule has 1 N–H and O–H groups in total. The van der Waals surface area contributed by atoms with Crippen molar-refractivity contribution in [2.24, 2.45) is 0 Å². The summed E-state index contributed by atoms with van der Waals surface area (Å²) in [6.45, 7) is 14.5. The summed E-state index contributed by atoms with van der Waals surface area (Å²) >= 11 is 0. The first-order valence-electron chi connectivity index (χ1n) is 8.04. The van der Waals surface area contributed by atoms with Gasteiger partial charge in [0, 0.05) is 44.0 Å². The van der Waals surface area contributed by atoms with Gasteiger partial charge < -0.3 is 10.2 Å². The van der Waals surface area contributed by atoms with E-state index in [1.54, 1.807) is 6.20 Å². The zero-order chi connectivity index (χ0) is 16.3. The number of piperazine rings is 1. The van der Waals surface area contributed by atoms with Crippen LogP contribution in [0.5, 0.6) is 0 Å². The predicted molar refractivity (Wildman–Crippen MR) is 90.4 cm³/mol. The van der Waals surface area contributed by atoms with Crippen LogP contribution in [-0.4, -0.2) is 53.6 Å². The highest BCUT2D eigenvalue weighted by Crippen LogP contribution is 2.15. The Balaban J connectivity index is 1.97. The summed E-state index contributed by atoms with van der Waals surface area (Å²) in [6, 6.07) is 4.40. The Morgan fingerprint density at radius 2 is 1.82 bits per heavy atom. The lowest BCUT2D eigenvalue weighted by molar-refractivity contribution is 0.0919. The van der Waals surface area contributed by atoms with Gasteiger partial charge in [-0.1, -0.05) is 0 Å². The van der Waals surface area contributed by atoms with Crippen LogP contribution in [0.4, 0.5) is 5.82 Å². The van der Waals surface area contributed by atoms with Crippen molar-refractivity contribution >= 4 is 11.7 Å². The van der Waals surface area contributed by atoms with E-state index in [9.17, 15) is 4.79 Å². The van der Waals surface area contributed by atoms with Crippen LogP contribution in [0.1, 0.15) is 45.0 Å². The Bertz CT molecular complexity index is 496. The van der Waals surface area contributed by atoms with Crippen LogP contribution in [0, 0.1) is 0 Å². The third kappa shape index (κ3) is 4.44. The maximum Gasteiger partial charge on any atom is 0.253 e. The van der Waals surface area contributed by atoms with Gasteiger partial charge in [0.15, 0.2) is 0 Å². The number of aromatic nitrogens is 1. The second-order valence-corrected chi connectivity index (χ2v) is 7.23. The van der Waals surface area contributed by atoms with Crippen molar-refractivity contribution in [3.63, 3.8) is 0 Å². The number of nitrogens with one attached hydrogen (secondary N) is 1. The van der Waals surface area contributed by atoms with Crippen LogP contribution in [0.25, 0.3) is 0 Å². The molecule has 0 spiro atoms. The molecular formula is C17H28N4O. The van der Waals surface area contributed by atoms with Gasteiger partial charge in [0.1, 0.15) is 5.82 Å². The van der Waals surface area contributed by atoms with E-state index in [2.05, 4.69) is 33.9 Å². The number of hydrogen-bond donors (Lipinski definition) is 1. The molecule has 1 fully saturated rings. The molecule has 1 aliphatic rings. The van der Waals surface area contributed by atoms with Crippen LogP contribution in [0.2, 0.25) is 0 Å². The molecule has 122 valence electrons. The van der Waals surface area contributed by atoms with E-state index in [4.69, 9.17) is 0 Å². The van der Waals surface area contributed by atoms with E-state index in [0.717, 1.165) is 32.0 Å². The molecule has 1 saturated heterocycles. The lowest BCUT2D eigenvalue weighted by Crippen LogP contribution is -2.49. The predicted octanol–water partition coefficient (Wildman–Crippen LogP) is 2.14. The molecule has 1 aliphatic heterocycles. The van der Waals surface area contributed by atoms with Crippen LogP contribution in [0.15, 0.2) is 18.3 Å². The molecule has 22 heavy (non-hydrogen) atoms. The number of hydrogen-bond acceptors (Lipinski definition) is 4. The van der Waals surface area contributed by atoms with Crippen molar-refractivity contribution in [3.05, 3.63) is 23.9 Å². The van der Waals surface area contributed by atoms with E-state index >= 15 is 0 Å². The Morgan fingerprint density at radius 3 is 2.27 bits per heavy atom. The molecule has 0 unspecified atom stereocenters. The highest BCUT2D eigenvalue weighted by molar-refractivity contribution is 5.94. The maximum absolute atomic E-state index is 12.1. The molecule has 5 nitrogen and oxygen atoms in total. The van der Waals surface area contributed by atoms with Crippen LogP contribution in [0.3, 0.4) is 0 Å². The van der Waals surface area contributed by atoms with Gasteiger partial charge in [0.25, 0.3) is 5.91 Å². The van der Waals surface area contributed by atoms with Crippen molar-refractivity contribution in [2.75, 3.05) is 31.1 Å². The molecule has 1 aromatic heterocycles. The van der Waals surface area contributed by atoms with Gasteiger partial charge in [0.2, 0.25) is 0 Å². The van der Waals surface area contributed by atoms with E-state index < -0.39 is 0 Å². The summed E-state index contributed by atoms with van der Waals surface area (Å²) < 4.78 is 0. The van der Waals surface area contributed by atoms with Crippen LogP contribution < -0.4 is 10.2 Å². The van der Waals surface area contributed by atoms with Crippen molar-refractivity contribution in [1.29, 1.82) is 0 Å².